The number of carbonyl (C=O) groups is 1. The molecular formula is C23H28N4O3S2. The summed E-state index contributed by atoms with van der Waals surface area (Å²) in [6.45, 7) is 8.00. The summed E-state index contributed by atoms with van der Waals surface area (Å²) in [5, 5.41) is 0. The molecule has 9 heteroatoms. The van der Waals surface area contributed by atoms with Crippen LogP contribution in [0.4, 0.5) is 5.82 Å². The molecule has 0 N–H and O–H groups in total. The van der Waals surface area contributed by atoms with Gasteiger partial charge in [-0.2, -0.15) is 0 Å². The van der Waals surface area contributed by atoms with E-state index >= 15 is 0 Å². The lowest BCUT2D eigenvalue weighted by Gasteiger charge is -2.36. The van der Waals surface area contributed by atoms with Crippen molar-refractivity contribution in [3.05, 3.63) is 45.2 Å². The van der Waals surface area contributed by atoms with Gasteiger partial charge in [0.05, 0.1) is 22.7 Å². The average Bonchev–Trinajstić information content (AvgIpc) is 3.02. The van der Waals surface area contributed by atoms with E-state index < -0.39 is 0 Å². The molecule has 0 spiro atoms. The highest BCUT2D eigenvalue weighted by molar-refractivity contribution is 8.26. The molecule has 2 aliphatic rings. The molecule has 0 aliphatic carbocycles. The van der Waals surface area contributed by atoms with Crippen molar-refractivity contribution in [2.24, 2.45) is 0 Å². The molecule has 2 aromatic rings. The Bertz CT molecular complexity index is 1120. The maximum atomic E-state index is 13.5. The number of aromatic nitrogens is 2. The number of hydrogen-bond acceptors (Lipinski definition) is 7. The Morgan fingerprint density at radius 2 is 1.97 bits per heavy atom. The summed E-state index contributed by atoms with van der Waals surface area (Å²) in [6, 6.07) is 5.47. The summed E-state index contributed by atoms with van der Waals surface area (Å²) in [7, 11) is 0. The van der Waals surface area contributed by atoms with Crippen LogP contribution in [0.3, 0.4) is 0 Å². The maximum absolute atomic E-state index is 13.5. The minimum Gasteiger partial charge on any atom is -0.372 e. The molecule has 0 bridgehead atoms. The molecule has 2 aliphatic heterocycles. The fourth-order valence-electron chi connectivity index (χ4n) is 4.15. The lowest BCUT2D eigenvalue weighted by atomic mass is 10.2. The van der Waals surface area contributed by atoms with E-state index in [0.29, 0.717) is 45.9 Å². The number of pyridine rings is 1. The van der Waals surface area contributed by atoms with E-state index in [1.54, 1.807) is 23.2 Å². The van der Waals surface area contributed by atoms with E-state index in [0.717, 1.165) is 19.3 Å². The molecular weight excluding hydrogens is 444 g/mol. The fourth-order valence-corrected chi connectivity index (χ4v) is 5.44. The van der Waals surface area contributed by atoms with Crippen molar-refractivity contribution in [2.75, 3.05) is 24.5 Å². The molecule has 2 fully saturated rings. The van der Waals surface area contributed by atoms with Crippen LogP contribution >= 0.6 is 24.0 Å². The van der Waals surface area contributed by atoms with Gasteiger partial charge in [-0.25, -0.2) is 4.98 Å². The van der Waals surface area contributed by atoms with Gasteiger partial charge in [-0.05, 0) is 38.5 Å². The molecule has 4 rings (SSSR count). The number of thioether (sulfide) groups is 1. The van der Waals surface area contributed by atoms with Crippen molar-refractivity contribution in [2.45, 2.75) is 52.2 Å². The second-order valence-electron chi connectivity index (χ2n) is 8.29. The predicted molar refractivity (Wildman–Crippen MR) is 133 cm³/mol. The SMILES string of the molecule is CCCCCN1C(=O)C(=Cc2c(N3CC(C)OC(C)C3)nc3ccccn3c2=O)SC1=S. The first-order valence-electron chi connectivity index (χ1n) is 11.1. The summed E-state index contributed by atoms with van der Waals surface area (Å²) >= 11 is 6.72. The van der Waals surface area contributed by atoms with Crippen LogP contribution in [0.25, 0.3) is 11.7 Å². The number of unbranched alkanes of at least 4 members (excludes halogenated alkanes) is 2. The second kappa shape index (κ2) is 9.72. The Kier molecular flexibility index (Phi) is 6.97. The Morgan fingerprint density at radius 3 is 2.69 bits per heavy atom. The Morgan fingerprint density at radius 1 is 1.22 bits per heavy atom. The van der Waals surface area contributed by atoms with Gasteiger partial charge in [0.25, 0.3) is 11.5 Å². The van der Waals surface area contributed by atoms with Gasteiger partial charge in [-0.15, -0.1) is 0 Å². The highest BCUT2D eigenvalue weighted by Crippen LogP contribution is 2.34. The summed E-state index contributed by atoms with van der Waals surface area (Å²) in [4.78, 5) is 35.6. The lowest BCUT2D eigenvalue weighted by Crippen LogP contribution is -2.46. The number of thiocarbonyl (C=S) groups is 1. The number of anilines is 1. The molecule has 2 aromatic heterocycles. The quantitative estimate of drug-likeness (QED) is 0.361. The number of morpholine rings is 1. The maximum Gasteiger partial charge on any atom is 0.267 e. The zero-order chi connectivity index (χ0) is 22.8. The molecule has 2 atom stereocenters. The number of fused-ring (bicyclic) bond motifs is 1. The van der Waals surface area contributed by atoms with Gasteiger partial charge in [0, 0.05) is 25.8 Å². The van der Waals surface area contributed by atoms with Crippen LogP contribution in [0.2, 0.25) is 0 Å². The number of hydrogen-bond donors (Lipinski definition) is 0. The Hall–Kier alpha value is -2.23. The van der Waals surface area contributed by atoms with Gasteiger partial charge in [-0.3, -0.25) is 18.9 Å². The first-order valence-corrected chi connectivity index (χ1v) is 12.3. The fraction of sp³-hybridized carbons (Fsp3) is 0.478. The van der Waals surface area contributed by atoms with E-state index in [9.17, 15) is 9.59 Å². The molecule has 0 aromatic carbocycles. The second-order valence-corrected chi connectivity index (χ2v) is 9.96. The predicted octanol–water partition coefficient (Wildman–Crippen LogP) is 3.70. The highest BCUT2D eigenvalue weighted by atomic mass is 32.2. The van der Waals surface area contributed by atoms with Crippen molar-refractivity contribution in [3.63, 3.8) is 0 Å². The average molecular weight is 473 g/mol. The van der Waals surface area contributed by atoms with E-state index in [2.05, 4.69) is 11.8 Å². The smallest absolute Gasteiger partial charge is 0.267 e. The number of ether oxygens (including phenoxy) is 1. The van der Waals surface area contributed by atoms with Crippen LogP contribution in [0.15, 0.2) is 34.1 Å². The molecule has 0 radical (unpaired) electrons. The van der Waals surface area contributed by atoms with Crippen LogP contribution in [-0.2, 0) is 9.53 Å². The molecule has 0 saturated carbocycles. The Labute approximate surface area is 197 Å². The van der Waals surface area contributed by atoms with E-state index in [1.807, 2.05) is 26.0 Å². The van der Waals surface area contributed by atoms with Crippen LogP contribution in [0, 0.1) is 0 Å². The van der Waals surface area contributed by atoms with E-state index in [-0.39, 0.29) is 23.7 Å². The minimum absolute atomic E-state index is 0.0133. The first kappa shape index (κ1) is 22.9. The van der Waals surface area contributed by atoms with Gasteiger partial charge in [-0.1, -0.05) is 49.8 Å². The Balaban J connectivity index is 1.77. The first-order chi connectivity index (χ1) is 15.4. The van der Waals surface area contributed by atoms with Crippen molar-refractivity contribution >= 4 is 51.7 Å². The third-order valence-corrected chi connectivity index (χ3v) is 6.98. The van der Waals surface area contributed by atoms with Crippen LogP contribution in [-0.4, -0.2) is 56.4 Å². The summed E-state index contributed by atoms with van der Waals surface area (Å²) in [5.74, 6) is 0.447. The van der Waals surface area contributed by atoms with Crippen molar-refractivity contribution in [3.8, 4) is 0 Å². The lowest BCUT2D eigenvalue weighted by molar-refractivity contribution is -0.122. The van der Waals surface area contributed by atoms with Crippen molar-refractivity contribution < 1.29 is 9.53 Å². The minimum atomic E-state index is -0.200. The van der Waals surface area contributed by atoms with Gasteiger partial charge < -0.3 is 9.64 Å². The van der Waals surface area contributed by atoms with Gasteiger partial charge in [0.2, 0.25) is 0 Å². The number of rotatable bonds is 6. The number of carbonyl (C=O) groups excluding carboxylic acids is 1. The van der Waals surface area contributed by atoms with E-state index in [4.69, 9.17) is 21.9 Å². The van der Waals surface area contributed by atoms with Gasteiger partial charge >= 0.3 is 0 Å². The van der Waals surface area contributed by atoms with Crippen molar-refractivity contribution in [1.82, 2.24) is 14.3 Å². The topological polar surface area (TPSA) is 67.2 Å². The normalized spacial score (nSPS) is 23.0. The molecule has 2 saturated heterocycles. The van der Waals surface area contributed by atoms with Crippen molar-refractivity contribution in [1.29, 1.82) is 0 Å². The third-order valence-electron chi connectivity index (χ3n) is 5.60. The number of nitrogens with zero attached hydrogens (tertiary/aromatic N) is 4. The third kappa shape index (κ3) is 4.60. The molecule has 7 nitrogen and oxygen atoms in total. The number of amides is 1. The van der Waals surface area contributed by atoms with Gasteiger partial charge in [0.15, 0.2) is 0 Å². The molecule has 4 heterocycles. The highest BCUT2D eigenvalue weighted by Gasteiger charge is 2.33. The molecule has 2 unspecified atom stereocenters. The molecule has 170 valence electrons. The zero-order valence-electron chi connectivity index (χ0n) is 18.6. The van der Waals surface area contributed by atoms with E-state index in [1.165, 1.54) is 16.2 Å². The van der Waals surface area contributed by atoms with Gasteiger partial charge in [0.1, 0.15) is 15.8 Å². The summed E-state index contributed by atoms with van der Waals surface area (Å²) < 4.78 is 7.93. The standard InChI is InChI=1S/C23H28N4O3S2/c1-4-5-7-11-27-22(29)18(32-23(27)31)12-17-20(25-13-15(2)30-16(3)14-25)24-19-9-6-8-10-26(19)21(17)28/h6,8-10,12,15-16H,4-5,7,11,13-14H2,1-3H3. The summed E-state index contributed by atoms with van der Waals surface area (Å²) in [5.41, 5.74) is 0.779. The van der Waals surface area contributed by atoms with Crippen LogP contribution < -0.4 is 10.5 Å². The molecule has 1 amide bonds. The van der Waals surface area contributed by atoms with Crippen LogP contribution in [0.5, 0.6) is 0 Å². The zero-order valence-corrected chi connectivity index (χ0v) is 20.2. The summed E-state index contributed by atoms with van der Waals surface area (Å²) in [6.07, 6.45) is 6.43. The monoisotopic (exact) mass is 472 g/mol. The van der Waals surface area contributed by atoms with Crippen LogP contribution in [0.1, 0.15) is 45.6 Å². The largest absolute Gasteiger partial charge is 0.372 e. The molecule has 32 heavy (non-hydrogen) atoms.